The number of aryl methyl sites for hydroxylation is 1. The predicted molar refractivity (Wildman–Crippen MR) is 95.7 cm³/mol. The van der Waals surface area contributed by atoms with Crippen LogP contribution >= 0.6 is 24.8 Å². The number of fused-ring (bicyclic) bond motifs is 1. The van der Waals surface area contributed by atoms with Crippen molar-refractivity contribution in [3.05, 3.63) is 47.8 Å². The fourth-order valence-corrected chi connectivity index (χ4v) is 2.91. The lowest BCUT2D eigenvalue weighted by Gasteiger charge is -2.28. The van der Waals surface area contributed by atoms with Crippen molar-refractivity contribution in [2.45, 2.75) is 19.3 Å². The molecule has 120 valence electrons. The number of benzene rings is 1. The van der Waals surface area contributed by atoms with Gasteiger partial charge >= 0.3 is 0 Å². The number of pyridine rings is 1. The van der Waals surface area contributed by atoms with Crippen LogP contribution < -0.4 is 10.1 Å². The Morgan fingerprint density at radius 3 is 2.77 bits per heavy atom. The summed E-state index contributed by atoms with van der Waals surface area (Å²) in [5.41, 5.74) is 4.86. The Morgan fingerprint density at radius 2 is 2.05 bits per heavy atom. The van der Waals surface area contributed by atoms with Gasteiger partial charge in [0.15, 0.2) is 0 Å². The van der Waals surface area contributed by atoms with E-state index in [-0.39, 0.29) is 24.8 Å². The Labute approximate surface area is 144 Å². The van der Waals surface area contributed by atoms with Gasteiger partial charge in [-0.2, -0.15) is 0 Å². The van der Waals surface area contributed by atoms with Crippen LogP contribution in [-0.2, 0) is 0 Å². The molecule has 0 fully saturated rings. The van der Waals surface area contributed by atoms with Crippen molar-refractivity contribution < 1.29 is 4.74 Å². The van der Waals surface area contributed by atoms with Crippen LogP contribution in [0.5, 0.6) is 5.75 Å². The normalized spacial score (nSPS) is 15.8. The van der Waals surface area contributed by atoms with Crippen molar-refractivity contribution in [1.82, 2.24) is 10.3 Å². The number of aromatic nitrogens is 1. The number of rotatable bonds is 3. The maximum absolute atomic E-state index is 5.99. The molecule has 5 heteroatoms. The van der Waals surface area contributed by atoms with Crippen LogP contribution in [0.15, 0.2) is 36.7 Å². The van der Waals surface area contributed by atoms with Crippen molar-refractivity contribution >= 4 is 24.8 Å². The Balaban J connectivity index is 0.00000121. The molecule has 3 rings (SSSR count). The van der Waals surface area contributed by atoms with Crippen LogP contribution in [0, 0.1) is 6.92 Å². The van der Waals surface area contributed by atoms with Gasteiger partial charge in [0.25, 0.3) is 0 Å². The monoisotopic (exact) mass is 340 g/mol. The molecule has 2 aromatic rings. The van der Waals surface area contributed by atoms with Gasteiger partial charge in [0.1, 0.15) is 5.75 Å². The third-order valence-corrected chi connectivity index (χ3v) is 3.98. The third kappa shape index (κ3) is 3.54. The summed E-state index contributed by atoms with van der Waals surface area (Å²) in [7, 11) is 2.00. The van der Waals surface area contributed by atoms with Gasteiger partial charge in [0, 0.05) is 36.0 Å². The zero-order valence-electron chi connectivity index (χ0n) is 12.8. The molecule has 0 aliphatic carbocycles. The largest absolute Gasteiger partial charge is 0.493 e. The van der Waals surface area contributed by atoms with Crippen LogP contribution in [-0.4, -0.2) is 25.2 Å². The van der Waals surface area contributed by atoms with E-state index in [0.717, 1.165) is 36.4 Å². The molecule has 2 heterocycles. The first-order valence-corrected chi connectivity index (χ1v) is 7.12. The van der Waals surface area contributed by atoms with E-state index in [9.17, 15) is 0 Å². The zero-order chi connectivity index (χ0) is 13.9. The summed E-state index contributed by atoms with van der Waals surface area (Å²) >= 11 is 0. The Hall–Kier alpha value is -1.29. The zero-order valence-corrected chi connectivity index (χ0v) is 14.5. The number of halogens is 2. The van der Waals surface area contributed by atoms with E-state index in [1.54, 1.807) is 0 Å². The summed E-state index contributed by atoms with van der Waals surface area (Å²) in [5.74, 6) is 1.57. The second kappa shape index (κ2) is 8.37. The lowest BCUT2D eigenvalue weighted by molar-refractivity contribution is 0.267. The van der Waals surface area contributed by atoms with Crippen LogP contribution in [0.2, 0.25) is 0 Å². The van der Waals surface area contributed by atoms with Crippen LogP contribution in [0.1, 0.15) is 23.5 Å². The summed E-state index contributed by atoms with van der Waals surface area (Å²) in [6.07, 6.45) is 4.83. The van der Waals surface area contributed by atoms with E-state index in [1.165, 1.54) is 11.1 Å². The molecule has 0 amide bonds. The molecule has 1 aliphatic rings. The molecule has 1 aliphatic heterocycles. The van der Waals surface area contributed by atoms with Crippen LogP contribution in [0.3, 0.4) is 0 Å². The summed E-state index contributed by atoms with van der Waals surface area (Å²) < 4.78 is 5.99. The highest BCUT2D eigenvalue weighted by Gasteiger charge is 2.23. The van der Waals surface area contributed by atoms with E-state index >= 15 is 0 Å². The fourth-order valence-electron chi connectivity index (χ4n) is 2.91. The van der Waals surface area contributed by atoms with Gasteiger partial charge in [-0.1, -0.05) is 18.2 Å². The van der Waals surface area contributed by atoms with Gasteiger partial charge in [-0.3, -0.25) is 4.98 Å². The number of nitrogens with zero attached hydrogens (tertiary/aromatic N) is 1. The van der Waals surface area contributed by atoms with Gasteiger partial charge < -0.3 is 10.1 Å². The molecule has 0 saturated carbocycles. The van der Waals surface area contributed by atoms with E-state index in [4.69, 9.17) is 4.74 Å². The molecule has 0 spiro atoms. The number of likely N-dealkylation sites (N-methyl/N-ethyl adjacent to an activating group) is 1. The van der Waals surface area contributed by atoms with Gasteiger partial charge in [0.05, 0.1) is 6.61 Å². The maximum Gasteiger partial charge on any atom is 0.130 e. The van der Waals surface area contributed by atoms with E-state index < -0.39 is 0 Å². The second-order valence-corrected chi connectivity index (χ2v) is 5.31. The standard InChI is InChI=1S/C17H20N2O.2ClH/c1-12-6-8-19-11-16(12)15-5-3-4-14-13(10-18-2)7-9-20-17(14)15;;/h3-6,8,11,13,18H,7,9-10H2,1-2H3;2*1H. The predicted octanol–water partition coefficient (Wildman–Crippen LogP) is 3.99. The number of hydrogen-bond donors (Lipinski definition) is 1. The number of para-hydroxylation sites is 1. The summed E-state index contributed by atoms with van der Waals surface area (Å²) in [5, 5.41) is 3.28. The molecule has 22 heavy (non-hydrogen) atoms. The molecule has 0 saturated heterocycles. The number of nitrogens with one attached hydrogen (secondary N) is 1. The van der Waals surface area contributed by atoms with Gasteiger partial charge in [-0.05, 0) is 37.6 Å². The van der Waals surface area contributed by atoms with Crippen molar-refractivity contribution in [3.8, 4) is 16.9 Å². The van der Waals surface area contributed by atoms with Crippen molar-refractivity contribution in [2.75, 3.05) is 20.2 Å². The topological polar surface area (TPSA) is 34.1 Å². The van der Waals surface area contributed by atoms with Crippen molar-refractivity contribution in [3.63, 3.8) is 0 Å². The third-order valence-electron chi connectivity index (χ3n) is 3.98. The SMILES string of the molecule is CNCC1CCOc2c(-c3cnccc3C)cccc21.Cl.Cl. The smallest absolute Gasteiger partial charge is 0.130 e. The highest BCUT2D eigenvalue weighted by Crippen LogP contribution is 2.41. The van der Waals surface area contributed by atoms with Crippen LogP contribution in [0.25, 0.3) is 11.1 Å². The molecule has 1 unspecified atom stereocenters. The minimum absolute atomic E-state index is 0. The number of ether oxygens (including phenoxy) is 1. The van der Waals surface area contributed by atoms with E-state index in [2.05, 4.69) is 35.4 Å². The highest BCUT2D eigenvalue weighted by atomic mass is 35.5. The molecule has 1 N–H and O–H groups in total. The number of hydrogen-bond acceptors (Lipinski definition) is 3. The lowest BCUT2D eigenvalue weighted by atomic mass is 9.89. The average molecular weight is 341 g/mol. The molecule has 1 aromatic heterocycles. The lowest BCUT2D eigenvalue weighted by Crippen LogP contribution is -2.23. The van der Waals surface area contributed by atoms with Gasteiger partial charge in [0.2, 0.25) is 0 Å². The van der Waals surface area contributed by atoms with Gasteiger partial charge in [-0.25, -0.2) is 0 Å². The Morgan fingerprint density at radius 1 is 1.23 bits per heavy atom. The second-order valence-electron chi connectivity index (χ2n) is 5.31. The van der Waals surface area contributed by atoms with Gasteiger partial charge in [-0.15, -0.1) is 24.8 Å². The summed E-state index contributed by atoms with van der Waals surface area (Å²) in [6.45, 7) is 3.89. The molecule has 0 radical (unpaired) electrons. The van der Waals surface area contributed by atoms with E-state index in [1.807, 2.05) is 25.5 Å². The quantitative estimate of drug-likeness (QED) is 0.917. The molecular weight excluding hydrogens is 319 g/mol. The van der Waals surface area contributed by atoms with Crippen LogP contribution in [0.4, 0.5) is 0 Å². The Kier molecular flexibility index (Phi) is 7.14. The first-order chi connectivity index (χ1) is 9.81. The highest BCUT2D eigenvalue weighted by molar-refractivity contribution is 5.85. The first-order valence-electron chi connectivity index (χ1n) is 7.12. The molecule has 1 aromatic carbocycles. The minimum Gasteiger partial charge on any atom is -0.493 e. The molecule has 1 atom stereocenters. The molecular formula is C17H22Cl2N2O. The minimum atomic E-state index is 0. The fraction of sp³-hybridized carbons (Fsp3) is 0.353. The average Bonchev–Trinajstić information content (AvgIpc) is 2.48. The molecule has 0 bridgehead atoms. The van der Waals surface area contributed by atoms with E-state index in [0.29, 0.717) is 5.92 Å². The van der Waals surface area contributed by atoms with Crippen molar-refractivity contribution in [1.29, 1.82) is 0 Å². The summed E-state index contributed by atoms with van der Waals surface area (Å²) in [6, 6.07) is 8.48. The summed E-state index contributed by atoms with van der Waals surface area (Å²) in [4.78, 5) is 4.26. The van der Waals surface area contributed by atoms with Crippen molar-refractivity contribution in [2.24, 2.45) is 0 Å². The Bertz CT molecular complexity index is 619. The maximum atomic E-state index is 5.99. The first kappa shape index (κ1) is 18.8. The molecule has 3 nitrogen and oxygen atoms in total.